The summed E-state index contributed by atoms with van der Waals surface area (Å²) in [6, 6.07) is 9.14. The molecule has 0 saturated carbocycles. The molecule has 0 aliphatic heterocycles. The number of benzene rings is 1. The van der Waals surface area contributed by atoms with Crippen LogP contribution >= 0.6 is 11.8 Å². The Hall–Kier alpha value is -0.470. The van der Waals surface area contributed by atoms with E-state index in [1.807, 2.05) is 11.8 Å². The molecule has 1 aromatic carbocycles. The van der Waals surface area contributed by atoms with Gasteiger partial charge in [-0.3, -0.25) is 0 Å². The van der Waals surface area contributed by atoms with E-state index in [0.717, 1.165) is 19.0 Å². The zero-order chi connectivity index (χ0) is 14.4. The van der Waals surface area contributed by atoms with E-state index in [1.165, 1.54) is 31.4 Å². The van der Waals surface area contributed by atoms with E-state index in [-0.39, 0.29) is 0 Å². The van der Waals surface area contributed by atoms with Crippen molar-refractivity contribution in [3.05, 3.63) is 35.4 Å². The van der Waals surface area contributed by atoms with Crippen molar-refractivity contribution in [2.24, 2.45) is 5.92 Å². The van der Waals surface area contributed by atoms with Gasteiger partial charge in [0.2, 0.25) is 0 Å². The first-order valence-electron chi connectivity index (χ1n) is 7.96. The molecule has 1 aliphatic carbocycles. The fourth-order valence-electron chi connectivity index (χ4n) is 3.44. The minimum atomic E-state index is 0.368. The van der Waals surface area contributed by atoms with Gasteiger partial charge in [-0.1, -0.05) is 38.1 Å². The molecular weight excluding hydrogens is 262 g/mol. The van der Waals surface area contributed by atoms with E-state index in [1.54, 1.807) is 11.1 Å². The highest BCUT2D eigenvalue weighted by atomic mass is 32.2. The fraction of sp³-hybridized carbons (Fsp3) is 0.667. The van der Waals surface area contributed by atoms with E-state index >= 15 is 0 Å². The molecule has 1 nitrogen and oxygen atoms in total. The van der Waals surface area contributed by atoms with Crippen molar-refractivity contribution in [2.75, 3.05) is 25.1 Å². The molecule has 1 aliphatic rings. The maximum Gasteiger partial charge on any atom is 0.00884 e. The summed E-state index contributed by atoms with van der Waals surface area (Å²) in [6.45, 7) is 6.85. The van der Waals surface area contributed by atoms with Gasteiger partial charge < -0.3 is 5.32 Å². The van der Waals surface area contributed by atoms with Crippen LogP contribution in [0, 0.1) is 5.92 Å². The molecule has 0 amide bonds. The summed E-state index contributed by atoms with van der Waals surface area (Å²) in [5, 5.41) is 3.74. The molecule has 0 aromatic heterocycles. The number of rotatable bonds is 7. The maximum atomic E-state index is 3.74. The molecule has 0 radical (unpaired) electrons. The minimum Gasteiger partial charge on any atom is -0.316 e. The van der Waals surface area contributed by atoms with Crippen molar-refractivity contribution in [1.82, 2.24) is 5.32 Å². The van der Waals surface area contributed by atoms with Gasteiger partial charge in [0, 0.05) is 12.0 Å². The number of nitrogens with one attached hydrogen (secondary N) is 1. The molecule has 2 heteroatoms. The summed E-state index contributed by atoms with van der Waals surface area (Å²) >= 11 is 1.98. The molecule has 0 saturated heterocycles. The molecule has 1 unspecified atom stereocenters. The lowest BCUT2D eigenvalue weighted by molar-refractivity contribution is 0.324. The van der Waals surface area contributed by atoms with Crippen LogP contribution in [-0.2, 0) is 11.8 Å². The second-order valence-electron chi connectivity index (χ2n) is 6.56. The van der Waals surface area contributed by atoms with Crippen molar-refractivity contribution in [1.29, 1.82) is 0 Å². The van der Waals surface area contributed by atoms with Crippen molar-refractivity contribution in [2.45, 2.75) is 44.9 Å². The Morgan fingerprint density at radius 2 is 2.10 bits per heavy atom. The molecule has 1 N–H and O–H groups in total. The number of hydrogen-bond acceptors (Lipinski definition) is 2. The van der Waals surface area contributed by atoms with Crippen molar-refractivity contribution in [3.8, 4) is 0 Å². The topological polar surface area (TPSA) is 12.0 Å². The largest absolute Gasteiger partial charge is 0.316 e. The second-order valence-corrected chi connectivity index (χ2v) is 7.54. The normalized spacial score (nSPS) is 22.0. The molecular formula is C18H29NS. The van der Waals surface area contributed by atoms with Crippen LogP contribution in [0.25, 0.3) is 0 Å². The highest BCUT2D eigenvalue weighted by Gasteiger charge is 2.35. The third-order valence-corrected chi connectivity index (χ3v) is 5.10. The Morgan fingerprint density at radius 3 is 2.85 bits per heavy atom. The summed E-state index contributed by atoms with van der Waals surface area (Å²) in [5.74, 6) is 1.99. The Kier molecular flexibility index (Phi) is 5.98. The summed E-state index contributed by atoms with van der Waals surface area (Å²) in [6.07, 6.45) is 7.48. The zero-order valence-electron chi connectivity index (χ0n) is 13.2. The van der Waals surface area contributed by atoms with Crippen LogP contribution in [0.1, 0.15) is 44.2 Å². The van der Waals surface area contributed by atoms with Crippen molar-refractivity contribution in [3.63, 3.8) is 0 Å². The zero-order valence-corrected chi connectivity index (χ0v) is 14.1. The molecule has 2 rings (SSSR count). The molecule has 1 aromatic rings. The lowest BCUT2D eigenvalue weighted by atomic mass is 9.68. The Labute approximate surface area is 128 Å². The minimum absolute atomic E-state index is 0.368. The van der Waals surface area contributed by atoms with Gasteiger partial charge in [-0.15, -0.1) is 0 Å². The summed E-state index contributed by atoms with van der Waals surface area (Å²) < 4.78 is 0. The predicted molar refractivity (Wildman–Crippen MR) is 91.8 cm³/mol. The van der Waals surface area contributed by atoms with Crippen LogP contribution in [0.2, 0.25) is 0 Å². The van der Waals surface area contributed by atoms with E-state index < -0.39 is 0 Å². The van der Waals surface area contributed by atoms with Gasteiger partial charge in [0.1, 0.15) is 0 Å². The quantitative estimate of drug-likeness (QED) is 0.805. The van der Waals surface area contributed by atoms with E-state index in [4.69, 9.17) is 0 Å². The SMILES string of the molecule is CSCCC1(CNCC(C)C)CCCc2ccccc21. The molecule has 1 atom stereocenters. The third-order valence-electron chi connectivity index (χ3n) is 4.49. The standard InChI is InChI=1S/C18H29NS/c1-15(2)13-19-14-18(11-12-20-3)10-6-8-16-7-4-5-9-17(16)18/h4-5,7,9,15,19H,6,8,10-14H2,1-3H3. The number of aryl methyl sites for hydroxylation is 1. The van der Waals surface area contributed by atoms with Crippen molar-refractivity contribution >= 4 is 11.8 Å². The van der Waals surface area contributed by atoms with Crippen LogP contribution in [-0.4, -0.2) is 25.1 Å². The average molecular weight is 292 g/mol. The molecule has 112 valence electrons. The highest BCUT2D eigenvalue weighted by Crippen LogP contribution is 2.40. The van der Waals surface area contributed by atoms with Crippen LogP contribution in [0.3, 0.4) is 0 Å². The Morgan fingerprint density at radius 1 is 1.30 bits per heavy atom. The first-order valence-corrected chi connectivity index (χ1v) is 9.35. The van der Waals surface area contributed by atoms with Gasteiger partial charge in [-0.2, -0.15) is 11.8 Å². The van der Waals surface area contributed by atoms with Gasteiger partial charge >= 0.3 is 0 Å². The molecule has 0 heterocycles. The first kappa shape index (κ1) is 15.9. The van der Waals surface area contributed by atoms with Crippen LogP contribution in [0.15, 0.2) is 24.3 Å². The van der Waals surface area contributed by atoms with Crippen LogP contribution < -0.4 is 5.32 Å². The smallest absolute Gasteiger partial charge is 0.00884 e. The lowest BCUT2D eigenvalue weighted by Crippen LogP contribution is -2.42. The van der Waals surface area contributed by atoms with Gasteiger partial charge in [0.05, 0.1) is 0 Å². The summed E-state index contributed by atoms with van der Waals surface area (Å²) in [5.41, 5.74) is 3.58. The van der Waals surface area contributed by atoms with Crippen molar-refractivity contribution < 1.29 is 0 Å². The third kappa shape index (κ3) is 3.79. The number of thioether (sulfide) groups is 1. The van der Waals surface area contributed by atoms with Gasteiger partial charge in [0.25, 0.3) is 0 Å². The highest BCUT2D eigenvalue weighted by molar-refractivity contribution is 7.98. The van der Waals surface area contributed by atoms with E-state index in [0.29, 0.717) is 5.41 Å². The lowest BCUT2D eigenvalue weighted by Gasteiger charge is -2.40. The second kappa shape index (κ2) is 7.51. The Bertz CT molecular complexity index is 416. The average Bonchev–Trinajstić information content (AvgIpc) is 2.45. The maximum absolute atomic E-state index is 3.74. The molecule has 0 fully saturated rings. The van der Waals surface area contributed by atoms with Gasteiger partial charge in [-0.25, -0.2) is 0 Å². The summed E-state index contributed by atoms with van der Waals surface area (Å²) in [7, 11) is 0. The van der Waals surface area contributed by atoms with Gasteiger partial charge in [0.15, 0.2) is 0 Å². The Balaban J connectivity index is 2.18. The van der Waals surface area contributed by atoms with E-state index in [9.17, 15) is 0 Å². The van der Waals surface area contributed by atoms with Crippen LogP contribution in [0.5, 0.6) is 0 Å². The fourth-order valence-corrected chi connectivity index (χ4v) is 4.03. The predicted octanol–water partition coefficient (Wildman–Crippen LogP) is 4.26. The molecule has 0 spiro atoms. The molecule has 20 heavy (non-hydrogen) atoms. The van der Waals surface area contributed by atoms with Gasteiger partial charge in [-0.05, 0) is 61.3 Å². The van der Waals surface area contributed by atoms with Crippen LogP contribution in [0.4, 0.5) is 0 Å². The number of fused-ring (bicyclic) bond motifs is 1. The van der Waals surface area contributed by atoms with E-state index in [2.05, 4.69) is 49.7 Å². The molecule has 0 bridgehead atoms. The monoisotopic (exact) mass is 291 g/mol. The summed E-state index contributed by atoms with van der Waals surface area (Å²) in [4.78, 5) is 0. The number of hydrogen-bond donors (Lipinski definition) is 1. The first-order chi connectivity index (χ1) is 9.68.